The maximum atomic E-state index is 12.5. The summed E-state index contributed by atoms with van der Waals surface area (Å²) in [6.45, 7) is 1.80. The molecule has 3 rings (SSSR count). The van der Waals surface area contributed by atoms with Crippen molar-refractivity contribution in [3.05, 3.63) is 39.9 Å². The zero-order chi connectivity index (χ0) is 15.2. The molecule has 1 aromatic rings. The van der Waals surface area contributed by atoms with E-state index >= 15 is 0 Å². The molecule has 21 heavy (non-hydrogen) atoms. The first-order valence-electron chi connectivity index (χ1n) is 6.79. The number of hydrogen-bond donors (Lipinski definition) is 1. The molecule has 1 aliphatic carbocycles. The summed E-state index contributed by atoms with van der Waals surface area (Å²) in [5.74, 6) is -0.0504. The zero-order valence-electron chi connectivity index (χ0n) is 11.5. The van der Waals surface area contributed by atoms with Crippen LogP contribution in [0.1, 0.15) is 25.3 Å². The summed E-state index contributed by atoms with van der Waals surface area (Å²) in [4.78, 5) is 35.9. The number of nitrogens with zero attached hydrogens (tertiary/aromatic N) is 2. The van der Waals surface area contributed by atoms with E-state index in [0.717, 1.165) is 17.7 Å². The third-order valence-electron chi connectivity index (χ3n) is 4.16. The Morgan fingerprint density at radius 2 is 2.14 bits per heavy atom. The van der Waals surface area contributed by atoms with E-state index in [1.807, 2.05) is 0 Å². The van der Waals surface area contributed by atoms with Crippen molar-refractivity contribution >= 4 is 17.6 Å². The van der Waals surface area contributed by atoms with Crippen LogP contribution in [0.25, 0.3) is 0 Å². The van der Waals surface area contributed by atoms with Gasteiger partial charge in [0.2, 0.25) is 0 Å². The third kappa shape index (κ3) is 2.24. The topological polar surface area (TPSA) is 92.6 Å². The number of carbonyl (C=O) groups excluding carboxylic acids is 2. The van der Waals surface area contributed by atoms with Gasteiger partial charge in [-0.2, -0.15) is 0 Å². The van der Waals surface area contributed by atoms with Crippen LogP contribution in [-0.2, 0) is 11.3 Å². The van der Waals surface area contributed by atoms with Gasteiger partial charge >= 0.3 is 6.03 Å². The number of nitro groups is 1. The number of urea groups is 1. The summed E-state index contributed by atoms with van der Waals surface area (Å²) in [6.07, 6.45) is 1.88. The van der Waals surface area contributed by atoms with Gasteiger partial charge in [0.15, 0.2) is 0 Å². The predicted octanol–water partition coefficient (Wildman–Crippen LogP) is 1.82. The standard InChI is InChI=1S/C14H15N3O4/c1-14(10-5-6-10)12(18)16(13(19)15-14)8-9-3-2-4-11(7-9)17(20)21/h2-4,7,10H,5-6,8H2,1H3,(H,15,19). The van der Waals surface area contributed by atoms with Crippen LogP contribution in [0.15, 0.2) is 24.3 Å². The SMILES string of the molecule is CC1(C2CC2)NC(=O)N(Cc2cccc([N+](=O)[O-])c2)C1=O. The van der Waals surface area contributed by atoms with Crippen molar-refractivity contribution in [2.45, 2.75) is 31.8 Å². The second kappa shape index (κ2) is 4.54. The molecule has 1 atom stereocenters. The lowest BCUT2D eigenvalue weighted by molar-refractivity contribution is -0.384. The fraction of sp³-hybridized carbons (Fsp3) is 0.429. The van der Waals surface area contributed by atoms with E-state index in [0.29, 0.717) is 5.56 Å². The largest absolute Gasteiger partial charge is 0.325 e. The van der Waals surface area contributed by atoms with E-state index in [1.165, 1.54) is 12.1 Å². The molecular formula is C14H15N3O4. The summed E-state index contributed by atoms with van der Waals surface area (Å²) < 4.78 is 0. The second-order valence-electron chi connectivity index (χ2n) is 5.73. The van der Waals surface area contributed by atoms with Gasteiger partial charge in [0, 0.05) is 12.1 Å². The van der Waals surface area contributed by atoms with Gasteiger partial charge < -0.3 is 5.32 Å². The van der Waals surface area contributed by atoms with Crippen LogP contribution in [0, 0.1) is 16.0 Å². The highest BCUT2D eigenvalue weighted by Crippen LogP contribution is 2.42. The van der Waals surface area contributed by atoms with Crippen molar-refractivity contribution in [1.29, 1.82) is 0 Å². The zero-order valence-corrected chi connectivity index (χ0v) is 11.5. The maximum absolute atomic E-state index is 12.5. The molecule has 110 valence electrons. The normalized spacial score (nSPS) is 25.1. The first kappa shape index (κ1) is 13.5. The van der Waals surface area contributed by atoms with Crippen LogP contribution < -0.4 is 5.32 Å². The highest BCUT2D eigenvalue weighted by molar-refractivity contribution is 6.07. The molecule has 1 saturated carbocycles. The van der Waals surface area contributed by atoms with Gasteiger partial charge in [0.05, 0.1) is 11.5 Å². The van der Waals surface area contributed by atoms with Gasteiger partial charge in [-0.15, -0.1) is 0 Å². The van der Waals surface area contributed by atoms with Gasteiger partial charge in [0.25, 0.3) is 11.6 Å². The van der Waals surface area contributed by atoms with Crippen LogP contribution in [0.3, 0.4) is 0 Å². The number of non-ortho nitro benzene ring substituents is 1. The average molecular weight is 289 g/mol. The fourth-order valence-electron chi connectivity index (χ4n) is 2.75. The number of nitro benzene ring substituents is 1. The van der Waals surface area contributed by atoms with Crippen molar-refractivity contribution < 1.29 is 14.5 Å². The molecule has 7 heteroatoms. The highest BCUT2D eigenvalue weighted by Gasteiger charge is 2.55. The Kier molecular flexibility index (Phi) is 2.93. The van der Waals surface area contributed by atoms with E-state index < -0.39 is 16.5 Å². The van der Waals surface area contributed by atoms with Crippen LogP contribution in [0.2, 0.25) is 0 Å². The predicted molar refractivity (Wildman–Crippen MR) is 73.3 cm³/mol. The number of carbonyl (C=O) groups is 2. The summed E-state index contributed by atoms with van der Waals surface area (Å²) in [5, 5.41) is 13.5. The Labute approximate surface area is 121 Å². The number of rotatable bonds is 4. The first-order chi connectivity index (χ1) is 9.91. The van der Waals surface area contributed by atoms with Gasteiger partial charge in [-0.05, 0) is 31.2 Å². The van der Waals surface area contributed by atoms with E-state index in [9.17, 15) is 19.7 Å². The number of amides is 3. The minimum Gasteiger partial charge on any atom is -0.323 e. The molecule has 0 spiro atoms. The third-order valence-corrected chi connectivity index (χ3v) is 4.16. The van der Waals surface area contributed by atoms with Gasteiger partial charge in [-0.3, -0.25) is 19.8 Å². The lowest BCUT2D eigenvalue weighted by atomic mass is 9.96. The smallest absolute Gasteiger partial charge is 0.323 e. The Hall–Kier alpha value is -2.44. The maximum Gasteiger partial charge on any atom is 0.325 e. The molecule has 0 bridgehead atoms. The Bertz CT molecular complexity index is 641. The molecule has 1 saturated heterocycles. The second-order valence-corrected chi connectivity index (χ2v) is 5.73. The van der Waals surface area contributed by atoms with E-state index in [4.69, 9.17) is 0 Å². The van der Waals surface area contributed by atoms with Crippen molar-refractivity contribution in [2.75, 3.05) is 0 Å². The summed E-state index contributed by atoms with van der Waals surface area (Å²) >= 11 is 0. The lowest BCUT2D eigenvalue weighted by Crippen LogP contribution is -2.46. The number of nitrogens with one attached hydrogen (secondary N) is 1. The molecule has 1 unspecified atom stereocenters. The highest BCUT2D eigenvalue weighted by atomic mass is 16.6. The number of imide groups is 1. The Balaban J connectivity index is 1.81. The minimum absolute atomic E-state index is 0.0503. The molecule has 0 radical (unpaired) electrons. The molecule has 1 heterocycles. The number of benzene rings is 1. The van der Waals surface area contributed by atoms with Crippen LogP contribution >= 0.6 is 0 Å². The first-order valence-corrected chi connectivity index (χ1v) is 6.79. The van der Waals surface area contributed by atoms with Crippen molar-refractivity contribution in [2.24, 2.45) is 5.92 Å². The molecule has 2 fully saturated rings. The summed E-state index contributed by atoms with van der Waals surface area (Å²) in [6, 6.07) is 5.55. The summed E-state index contributed by atoms with van der Waals surface area (Å²) in [5.41, 5.74) is -0.310. The van der Waals surface area contributed by atoms with Crippen molar-refractivity contribution in [3.63, 3.8) is 0 Å². The van der Waals surface area contributed by atoms with Gasteiger partial charge in [-0.25, -0.2) is 4.79 Å². The molecule has 1 aliphatic heterocycles. The molecule has 1 aromatic carbocycles. The van der Waals surface area contributed by atoms with Crippen molar-refractivity contribution in [1.82, 2.24) is 10.2 Å². The molecule has 7 nitrogen and oxygen atoms in total. The summed E-state index contributed by atoms with van der Waals surface area (Å²) in [7, 11) is 0. The monoisotopic (exact) mass is 289 g/mol. The van der Waals surface area contributed by atoms with Crippen LogP contribution in [-0.4, -0.2) is 27.3 Å². The fourth-order valence-corrected chi connectivity index (χ4v) is 2.75. The Morgan fingerprint density at radius 1 is 1.43 bits per heavy atom. The molecular weight excluding hydrogens is 274 g/mol. The molecule has 3 amide bonds. The van der Waals surface area contributed by atoms with E-state index in [-0.39, 0.29) is 24.1 Å². The number of hydrogen-bond acceptors (Lipinski definition) is 4. The molecule has 2 aliphatic rings. The quantitative estimate of drug-likeness (QED) is 0.520. The lowest BCUT2D eigenvalue weighted by Gasteiger charge is -2.20. The molecule has 1 N–H and O–H groups in total. The molecule has 0 aromatic heterocycles. The van der Waals surface area contributed by atoms with Gasteiger partial charge in [-0.1, -0.05) is 12.1 Å². The Morgan fingerprint density at radius 3 is 2.76 bits per heavy atom. The van der Waals surface area contributed by atoms with E-state index in [2.05, 4.69) is 5.32 Å². The van der Waals surface area contributed by atoms with E-state index in [1.54, 1.807) is 19.1 Å². The van der Waals surface area contributed by atoms with Gasteiger partial charge in [0.1, 0.15) is 5.54 Å². The van der Waals surface area contributed by atoms with Crippen LogP contribution in [0.5, 0.6) is 0 Å². The van der Waals surface area contributed by atoms with Crippen LogP contribution in [0.4, 0.5) is 10.5 Å². The minimum atomic E-state index is -0.822. The average Bonchev–Trinajstić information content (AvgIpc) is 3.26. The van der Waals surface area contributed by atoms with Crippen molar-refractivity contribution in [3.8, 4) is 0 Å².